The predicted molar refractivity (Wildman–Crippen MR) is 149 cm³/mol. The van der Waals surface area contributed by atoms with Crippen molar-refractivity contribution in [1.29, 1.82) is 0 Å². The molecule has 2 amide bonds. The number of ether oxygens (including phenoxy) is 1. The molecule has 0 spiro atoms. The van der Waals surface area contributed by atoms with Crippen LogP contribution in [0.2, 0.25) is 5.02 Å². The van der Waals surface area contributed by atoms with Crippen LogP contribution in [0.5, 0.6) is 5.75 Å². The van der Waals surface area contributed by atoms with E-state index in [1.807, 2.05) is 54.1 Å². The summed E-state index contributed by atoms with van der Waals surface area (Å²) in [6, 6.07) is 20.5. The number of hydrogen-bond acceptors (Lipinski definition) is 4. The second-order valence-corrected chi connectivity index (χ2v) is 9.97. The van der Waals surface area contributed by atoms with E-state index in [4.69, 9.17) is 21.3 Å². The third kappa shape index (κ3) is 5.58. The molecule has 0 radical (unpaired) electrons. The molecule has 0 bridgehead atoms. The number of anilines is 1. The predicted octanol–water partition coefficient (Wildman–Crippen LogP) is 6.06. The van der Waals surface area contributed by atoms with E-state index >= 15 is 0 Å². The van der Waals surface area contributed by atoms with Crippen LogP contribution < -0.4 is 10.1 Å². The van der Waals surface area contributed by atoms with Crippen LogP contribution in [0.15, 0.2) is 72.9 Å². The number of aromatic nitrogens is 2. The van der Waals surface area contributed by atoms with E-state index < -0.39 is 0 Å². The molecule has 38 heavy (non-hydrogen) atoms. The number of methoxy groups -OCH3 is 1. The van der Waals surface area contributed by atoms with E-state index in [0.29, 0.717) is 28.0 Å². The Hall–Kier alpha value is -4.10. The number of benzene rings is 3. The number of nitrogens with one attached hydrogen (secondary N) is 1. The van der Waals surface area contributed by atoms with Crippen molar-refractivity contribution < 1.29 is 14.3 Å². The lowest BCUT2D eigenvalue weighted by Crippen LogP contribution is -2.39. The molecular formula is C30H29ClN4O3. The molecule has 0 aliphatic heterocycles. The highest BCUT2D eigenvalue weighted by atomic mass is 35.5. The molecule has 8 heteroatoms. The molecule has 4 aromatic rings. The van der Waals surface area contributed by atoms with Gasteiger partial charge >= 0.3 is 0 Å². The molecular weight excluding hydrogens is 500 g/mol. The fourth-order valence-electron chi connectivity index (χ4n) is 4.27. The molecule has 1 saturated carbocycles. The van der Waals surface area contributed by atoms with Gasteiger partial charge < -0.3 is 9.64 Å². The highest BCUT2D eigenvalue weighted by Gasteiger charge is 2.34. The molecule has 5 rings (SSSR count). The summed E-state index contributed by atoms with van der Waals surface area (Å²) in [5, 5.41) is 3.59. The first-order chi connectivity index (χ1) is 18.3. The molecule has 1 aliphatic carbocycles. The monoisotopic (exact) mass is 528 g/mol. The normalized spacial score (nSPS) is 12.7. The molecule has 7 nitrogen and oxygen atoms in total. The Kier molecular flexibility index (Phi) is 7.20. The van der Waals surface area contributed by atoms with Crippen LogP contribution in [0, 0.1) is 13.8 Å². The number of hydrogen-bond donors (Lipinski definition) is 1. The molecule has 0 unspecified atom stereocenters. The average molecular weight is 529 g/mol. The summed E-state index contributed by atoms with van der Waals surface area (Å²) in [6.45, 7) is 4.04. The maximum atomic E-state index is 13.3. The number of nitrogens with zero attached hydrogens (tertiary/aromatic N) is 3. The molecule has 3 aromatic carbocycles. The third-order valence-electron chi connectivity index (χ3n) is 6.77. The van der Waals surface area contributed by atoms with Crippen LogP contribution in [-0.2, 0) is 4.79 Å². The molecule has 1 aliphatic rings. The van der Waals surface area contributed by atoms with Crippen molar-refractivity contribution in [2.45, 2.75) is 32.7 Å². The standard InChI is InChI=1S/C30H29ClN4O3/c1-19-4-11-25(16-20(19)2)35-17-27(21-5-9-23(31)10-6-21)32-30(35)33-28(36)18-34(24-12-13-24)29(37)22-7-14-26(38-3)15-8-22/h4-11,14-17,24H,12-13,18H2,1-3H3,(H,32,33,36). The molecule has 194 valence electrons. The minimum absolute atomic E-state index is 0.0551. The number of halogens is 1. The molecule has 1 fully saturated rings. The Morgan fingerprint density at radius 1 is 1.03 bits per heavy atom. The lowest BCUT2D eigenvalue weighted by Gasteiger charge is -2.22. The smallest absolute Gasteiger partial charge is 0.254 e. The number of carbonyl (C=O) groups is 2. The number of rotatable bonds is 8. The zero-order valence-electron chi connectivity index (χ0n) is 21.6. The van der Waals surface area contributed by atoms with Gasteiger partial charge in [-0.25, -0.2) is 4.98 Å². The minimum atomic E-state index is -0.308. The van der Waals surface area contributed by atoms with Gasteiger partial charge in [0.2, 0.25) is 11.9 Å². The fourth-order valence-corrected chi connectivity index (χ4v) is 4.40. The van der Waals surface area contributed by atoms with Crippen molar-refractivity contribution in [1.82, 2.24) is 14.5 Å². The van der Waals surface area contributed by atoms with Crippen LogP contribution >= 0.6 is 11.6 Å². The lowest BCUT2D eigenvalue weighted by molar-refractivity contribution is -0.117. The number of carbonyl (C=O) groups excluding carboxylic acids is 2. The molecule has 0 saturated heterocycles. The van der Waals surface area contributed by atoms with Crippen LogP contribution in [0.1, 0.15) is 34.3 Å². The Morgan fingerprint density at radius 2 is 1.74 bits per heavy atom. The lowest BCUT2D eigenvalue weighted by atomic mass is 10.1. The van der Waals surface area contributed by atoms with Gasteiger partial charge in [-0.05, 0) is 86.3 Å². The number of imidazole rings is 1. The van der Waals surface area contributed by atoms with Crippen molar-refractivity contribution in [3.63, 3.8) is 0 Å². The van der Waals surface area contributed by atoms with Gasteiger partial charge in [-0.15, -0.1) is 0 Å². The van der Waals surface area contributed by atoms with E-state index in [0.717, 1.165) is 29.7 Å². The number of aryl methyl sites for hydroxylation is 2. The van der Waals surface area contributed by atoms with E-state index in [-0.39, 0.29) is 24.4 Å². The van der Waals surface area contributed by atoms with Crippen molar-refractivity contribution >= 4 is 29.4 Å². The zero-order chi connectivity index (χ0) is 26.8. The Labute approximate surface area is 227 Å². The Morgan fingerprint density at radius 3 is 2.37 bits per heavy atom. The quantitative estimate of drug-likeness (QED) is 0.301. The second kappa shape index (κ2) is 10.7. The average Bonchev–Trinajstić information content (AvgIpc) is 3.69. The summed E-state index contributed by atoms with van der Waals surface area (Å²) >= 11 is 6.08. The van der Waals surface area contributed by atoms with Crippen molar-refractivity contribution in [3.8, 4) is 22.7 Å². The van der Waals surface area contributed by atoms with Crippen LogP contribution in [-0.4, -0.2) is 46.0 Å². The Balaban J connectivity index is 1.41. The summed E-state index contributed by atoms with van der Waals surface area (Å²) in [4.78, 5) is 32.9. The van der Waals surface area contributed by atoms with Gasteiger partial charge in [-0.3, -0.25) is 19.5 Å². The fraction of sp³-hybridized carbons (Fsp3) is 0.233. The van der Waals surface area contributed by atoms with Crippen molar-refractivity contribution in [2.75, 3.05) is 19.0 Å². The first-order valence-corrected chi connectivity index (χ1v) is 12.9. The minimum Gasteiger partial charge on any atom is -0.497 e. The summed E-state index contributed by atoms with van der Waals surface area (Å²) in [5.74, 6) is 0.574. The van der Waals surface area contributed by atoms with Gasteiger partial charge in [-0.2, -0.15) is 0 Å². The topological polar surface area (TPSA) is 76.5 Å². The second-order valence-electron chi connectivity index (χ2n) is 9.54. The first-order valence-electron chi connectivity index (χ1n) is 12.5. The SMILES string of the molecule is COc1ccc(C(=O)N(CC(=O)Nc2nc(-c3ccc(Cl)cc3)cn2-c2ccc(C)c(C)c2)C2CC2)cc1. The van der Waals surface area contributed by atoms with Gasteiger partial charge in [0.25, 0.3) is 5.91 Å². The van der Waals surface area contributed by atoms with E-state index in [9.17, 15) is 9.59 Å². The van der Waals surface area contributed by atoms with Gasteiger partial charge in [0.15, 0.2) is 0 Å². The highest BCUT2D eigenvalue weighted by molar-refractivity contribution is 6.30. The van der Waals surface area contributed by atoms with Gasteiger partial charge in [0.1, 0.15) is 12.3 Å². The van der Waals surface area contributed by atoms with E-state index in [1.165, 1.54) is 5.56 Å². The summed E-state index contributed by atoms with van der Waals surface area (Å²) in [7, 11) is 1.58. The van der Waals surface area contributed by atoms with Crippen molar-refractivity contribution in [2.24, 2.45) is 0 Å². The van der Waals surface area contributed by atoms with Crippen LogP contribution in [0.3, 0.4) is 0 Å². The van der Waals surface area contributed by atoms with Gasteiger partial charge in [0, 0.05) is 34.1 Å². The zero-order valence-corrected chi connectivity index (χ0v) is 22.3. The van der Waals surface area contributed by atoms with E-state index in [1.54, 1.807) is 36.3 Å². The highest BCUT2D eigenvalue weighted by Crippen LogP contribution is 2.30. The van der Waals surface area contributed by atoms with E-state index in [2.05, 4.69) is 18.3 Å². The molecule has 1 heterocycles. The van der Waals surface area contributed by atoms with Crippen LogP contribution in [0.4, 0.5) is 5.95 Å². The molecule has 1 aromatic heterocycles. The van der Waals surface area contributed by atoms with Crippen molar-refractivity contribution in [3.05, 3.63) is 94.6 Å². The Bertz CT molecular complexity index is 1470. The third-order valence-corrected chi connectivity index (χ3v) is 7.02. The largest absolute Gasteiger partial charge is 0.497 e. The maximum Gasteiger partial charge on any atom is 0.254 e. The molecule has 1 N–H and O–H groups in total. The summed E-state index contributed by atoms with van der Waals surface area (Å²) in [6.07, 6.45) is 3.66. The summed E-state index contributed by atoms with van der Waals surface area (Å²) in [5.41, 5.74) is 5.28. The van der Waals surface area contributed by atoms with Gasteiger partial charge in [-0.1, -0.05) is 29.8 Å². The number of amides is 2. The first kappa shape index (κ1) is 25.5. The van der Waals surface area contributed by atoms with Gasteiger partial charge in [0.05, 0.1) is 12.8 Å². The summed E-state index contributed by atoms with van der Waals surface area (Å²) < 4.78 is 7.06. The van der Waals surface area contributed by atoms with Crippen LogP contribution in [0.25, 0.3) is 16.9 Å². The molecule has 0 atom stereocenters. The maximum absolute atomic E-state index is 13.3.